The molecule has 0 aromatic carbocycles. The van der Waals surface area contributed by atoms with Gasteiger partial charge in [0.2, 0.25) is 34.7 Å². The Balaban J connectivity index is 1.93. The first-order chi connectivity index (χ1) is 20.5. The standard InChI is InChI=1S/C26H28O18/c27-6-14(34)21-20(38)24(41)26(43-21,22(39)16-9(29)1-2-10(30)17(16)35)44-25(5-8-3-12(32)13(33)4-11(8)31)23(40)19(37)18(36)15(7-28)42-25/h1-3,14-16,18-21,23-24,27-28,34,36-38,40-41H,4-7H2/t14-,15-,16?,18-,19+,20+,21+,23+,24-,25-,26+/m1/s1. The van der Waals surface area contributed by atoms with E-state index >= 15 is 0 Å². The molecule has 8 N–H and O–H groups in total. The Morgan fingerprint density at radius 3 is 2.16 bits per heavy atom. The maximum atomic E-state index is 14.0. The number of hydrogen-bond acceptors (Lipinski definition) is 18. The molecule has 2 aliphatic heterocycles. The summed E-state index contributed by atoms with van der Waals surface area (Å²) in [5.74, 6) is -19.0. The first-order valence-electron chi connectivity index (χ1n) is 13.1. The summed E-state index contributed by atoms with van der Waals surface area (Å²) >= 11 is 0. The van der Waals surface area contributed by atoms with Gasteiger partial charge in [-0.3, -0.25) is 33.6 Å². The van der Waals surface area contributed by atoms with Crippen LogP contribution in [0.3, 0.4) is 0 Å². The predicted molar refractivity (Wildman–Crippen MR) is 132 cm³/mol. The molecule has 0 aromatic rings. The molecule has 2 heterocycles. The number of aliphatic hydroxyl groups is 8. The number of rotatable bonds is 9. The van der Waals surface area contributed by atoms with Crippen LogP contribution in [0, 0.1) is 5.92 Å². The van der Waals surface area contributed by atoms with Gasteiger partial charge >= 0.3 is 0 Å². The Hall–Kier alpha value is -3.27. The first kappa shape index (κ1) is 33.6. The van der Waals surface area contributed by atoms with E-state index in [1.165, 1.54) is 0 Å². The highest BCUT2D eigenvalue weighted by Crippen LogP contribution is 2.46. The SMILES string of the molecule is O=C1C=C(C[C@]2(O[C@]3(C(=O)C4C(=O)C=CC(=O)C4=O)O[C@@H]([C@H](O)CO)[C@H](O)[C@H]3O)O[C@H](CO)[C@@H](O)[C@H](O)[C@@H]2O)C(=O)CC1=O. The fraction of sp³-hybridized carbons (Fsp3) is 0.577. The molecule has 0 aromatic heterocycles. The number of Topliss-reactive ketones (excluding diaryl/α,β-unsaturated/α-hetero) is 4. The lowest BCUT2D eigenvalue weighted by atomic mass is 9.81. The van der Waals surface area contributed by atoms with Crippen molar-refractivity contribution in [3.63, 3.8) is 0 Å². The van der Waals surface area contributed by atoms with E-state index in [-0.39, 0.29) is 0 Å². The zero-order valence-corrected chi connectivity index (χ0v) is 22.4. The molecular formula is C26H28O18. The predicted octanol–water partition coefficient (Wildman–Crippen LogP) is -6.77. The molecule has 2 fully saturated rings. The van der Waals surface area contributed by atoms with Crippen LogP contribution in [0.15, 0.2) is 23.8 Å². The number of ether oxygens (including phenoxy) is 3. The van der Waals surface area contributed by atoms with Gasteiger partial charge in [-0.2, -0.15) is 0 Å². The van der Waals surface area contributed by atoms with Crippen LogP contribution in [0.2, 0.25) is 0 Å². The van der Waals surface area contributed by atoms with Crippen LogP contribution in [0.4, 0.5) is 0 Å². The summed E-state index contributed by atoms with van der Waals surface area (Å²) in [4.78, 5) is 88.1. The van der Waals surface area contributed by atoms with Crippen molar-refractivity contribution in [1.82, 2.24) is 0 Å². The van der Waals surface area contributed by atoms with Crippen LogP contribution in [-0.2, 0) is 47.8 Å². The molecule has 44 heavy (non-hydrogen) atoms. The third-order valence-electron chi connectivity index (χ3n) is 7.78. The summed E-state index contributed by atoms with van der Waals surface area (Å²) in [5.41, 5.74) is -0.639. The van der Waals surface area contributed by atoms with Gasteiger partial charge in [-0.15, -0.1) is 0 Å². The summed E-state index contributed by atoms with van der Waals surface area (Å²) in [6.45, 7) is -2.31. The summed E-state index contributed by atoms with van der Waals surface area (Å²) in [7, 11) is 0. The van der Waals surface area contributed by atoms with E-state index < -0.39 is 138 Å². The van der Waals surface area contributed by atoms with Crippen molar-refractivity contribution in [2.45, 2.75) is 73.2 Å². The molecular weight excluding hydrogens is 600 g/mol. The second-order valence-electron chi connectivity index (χ2n) is 10.6. The maximum absolute atomic E-state index is 14.0. The highest BCUT2D eigenvalue weighted by molar-refractivity contribution is 6.53. The first-order valence-corrected chi connectivity index (χ1v) is 13.1. The van der Waals surface area contributed by atoms with Gasteiger partial charge in [-0.25, -0.2) is 0 Å². The second kappa shape index (κ2) is 12.3. The van der Waals surface area contributed by atoms with E-state index in [2.05, 4.69) is 0 Å². The Kier molecular flexibility index (Phi) is 9.37. The van der Waals surface area contributed by atoms with Crippen molar-refractivity contribution in [1.29, 1.82) is 0 Å². The minimum atomic E-state index is -3.61. The number of aliphatic hydroxyl groups excluding tert-OH is 8. The van der Waals surface area contributed by atoms with E-state index in [1.54, 1.807) is 0 Å². The van der Waals surface area contributed by atoms with E-state index in [0.717, 1.165) is 0 Å². The van der Waals surface area contributed by atoms with Crippen LogP contribution in [0.5, 0.6) is 0 Å². The van der Waals surface area contributed by atoms with Crippen LogP contribution < -0.4 is 0 Å². The maximum Gasteiger partial charge on any atom is 0.262 e. The van der Waals surface area contributed by atoms with Crippen molar-refractivity contribution < 1.29 is 88.6 Å². The zero-order valence-electron chi connectivity index (χ0n) is 22.4. The molecule has 0 saturated carbocycles. The van der Waals surface area contributed by atoms with Gasteiger partial charge in [0.25, 0.3) is 5.79 Å². The number of ketones is 7. The number of allylic oxidation sites excluding steroid dienone is 3. The van der Waals surface area contributed by atoms with Crippen molar-refractivity contribution >= 4 is 40.5 Å². The normalized spacial score (nSPS) is 40.4. The Labute approximate surface area is 245 Å². The van der Waals surface area contributed by atoms with Crippen molar-refractivity contribution in [3.05, 3.63) is 23.8 Å². The van der Waals surface area contributed by atoms with Crippen molar-refractivity contribution in [2.24, 2.45) is 5.92 Å². The Morgan fingerprint density at radius 2 is 1.55 bits per heavy atom. The van der Waals surface area contributed by atoms with Crippen LogP contribution in [0.25, 0.3) is 0 Å². The topological polar surface area (TPSA) is 309 Å². The van der Waals surface area contributed by atoms with E-state index in [1.807, 2.05) is 0 Å². The lowest BCUT2D eigenvalue weighted by Crippen LogP contribution is -2.71. The molecule has 0 spiro atoms. The van der Waals surface area contributed by atoms with Gasteiger partial charge in [-0.05, 0) is 18.2 Å². The Morgan fingerprint density at radius 1 is 0.886 bits per heavy atom. The van der Waals surface area contributed by atoms with E-state index in [0.29, 0.717) is 18.2 Å². The largest absolute Gasteiger partial charge is 0.394 e. The molecule has 18 nitrogen and oxygen atoms in total. The number of carbonyl (C=O) groups is 7. The van der Waals surface area contributed by atoms with Crippen LogP contribution in [-0.4, -0.2) is 155 Å². The highest BCUT2D eigenvalue weighted by atomic mass is 16.8. The van der Waals surface area contributed by atoms with Crippen molar-refractivity contribution in [2.75, 3.05) is 13.2 Å². The molecule has 0 radical (unpaired) electrons. The third kappa shape index (κ3) is 5.43. The molecule has 0 bridgehead atoms. The summed E-state index contributed by atoms with van der Waals surface area (Å²) in [5, 5.41) is 83.5. The fourth-order valence-corrected chi connectivity index (χ4v) is 5.36. The van der Waals surface area contributed by atoms with Crippen molar-refractivity contribution in [3.8, 4) is 0 Å². The van der Waals surface area contributed by atoms with Gasteiger partial charge in [0.05, 0.1) is 19.6 Å². The highest BCUT2D eigenvalue weighted by Gasteiger charge is 2.69. The average Bonchev–Trinajstić information content (AvgIpc) is 3.24. The van der Waals surface area contributed by atoms with Crippen LogP contribution in [0.1, 0.15) is 12.8 Å². The van der Waals surface area contributed by atoms with E-state index in [4.69, 9.17) is 14.2 Å². The minimum Gasteiger partial charge on any atom is -0.394 e. The molecule has 2 saturated heterocycles. The molecule has 18 heteroatoms. The van der Waals surface area contributed by atoms with E-state index in [9.17, 15) is 74.4 Å². The summed E-state index contributed by atoms with van der Waals surface area (Å²) in [6, 6.07) is 0. The van der Waals surface area contributed by atoms with Gasteiger partial charge in [0.1, 0.15) is 48.8 Å². The molecule has 0 amide bonds. The number of hydrogen-bond donors (Lipinski definition) is 8. The molecule has 4 rings (SSSR count). The molecule has 4 aliphatic rings. The number of carbonyl (C=O) groups excluding carboxylic acids is 7. The fourth-order valence-electron chi connectivity index (χ4n) is 5.36. The molecule has 2 aliphatic carbocycles. The minimum absolute atomic E-state index is 0.506. The van der Waals surface area contributed by atoms with Gasteiger partial charge in [0, 0.05) is 12.0 Å². The molecule has 11 atom stereocenters. The summed E-state index contributed by atoms with van der Waals surface area (Å²) < 4.78 is 16.6. The lowest BCUT2D eigenvalue weighted by molar-refractivity contribution is -0.419. The van der Waals surface area contributed by atoms with Gasteiger partial charge in [0.15, 0.2) is 17.5 Å². The zero-order chi connectivity index (χ0) is 32.9. The average molecular weight is 628 g/mol. The second-order valence-corrected chi connectivity index (χ2v) is 10.6. The van der Waals surface area contributed by atoms with Crippen LogP contribution >= 0.6 is 0 Å². The lowest BCUT2D eigenvalue weighted by Gasteiger charge is -2.51. The monoisotopic (exact) mass is 628 g/mol. The quantitative estimate of drug-likeness (QED) is 0.0868. The molecule has 1 unspecified atom stereocenters. The third-order valence-corrected chi connectivity index (χ3v) is 7.78. The summed E-state index contributed by atoms with van der Waals surface area (Å²) in [6.07, 6.45) is -18.9. The van der Waals surface area contributed by atoms with Gasteiger partial charge in [-0.1, -0.05) is 0 Å². The smallest absolute Gasteiger partial charge is 0.262 e. The van der Waals surface area contributed by atoms with Gasteiger partial charge < -0.3 is 55.1 Å². The Bertz CT molecular complexity index is 1350. The molecule has 240 valence electrons.